The summed E-state index contributed by atoms with van der Waals surface area (Å²) in [4.78, 5) is 16.4. The third-order valence-electron chi connectivity index (χ3n) is 1.60. The molecule has 0 aliphatic carbocycles. The fourth-order valence-corrected chi connectivity index (χ4v) is 1.20. The van der Waals surface area contributed by atoms with Gasteiger partial charge in [0.1, 0.15) is 0 Å². The second-order valence-corrected chi connectivity index (χ2v) is 3.15. The van der Waals surface area contributed by atoms with Crippen LogP contribution >= 0.6 is 0 Å². The first-order valence-corrected chi connectivity index (χ1v) is 3.67. The van der Waals surface area contributed by atoms with Crippen molar-refractivity contribution >= 4 is 12.6 Å². The van der Waals surface area contributed by atoms with Crippen molar-refractivity contribution in [3.05, 3.63) is 0 Å². The highest BCUT2D eigenvalue weighted by Gasteiger charge is 2.22. The van der Waals surface area contributed by atoms with Gasteiger partial charge in [-0.25, -0.2) is 4.99 Å². The fourth-order valence-electron chi connectivity index (χ4n) is 1.20. The zero-order valence-corrected chi connectivity index (χ0v) is 7.66. The van der Waals surface area contributed by atoms with E-state index in [2.05, 4.69) is 11.7 Å². The summed E-state index contributed by atoms with van der Waals surface area (Å²) >= 11 is 0. The lowest BCUT2D eigenvalue weighted by atomic mass is 10.0. The molecule has 0 aromatic heterocycles. The van der Waals surface area contributed by atoms with Gasteiger partial charge < -0.3 is 0 Å². The number of nitrogens with zero attached hydrogens (tertiary/aromatic N) is 2. The summed E-state index contributed by atoms with van der Waals surface area (Å²) < 4.78 is 0. The maximum absolute atomic E-state index is 11.1. The summed E-state index contributed by atoms with van der Waals surface area (Å²) in [6, 6.07) is -0.132. The van der Waals surface area contributed by atoms with Crippen LogP contribution in [-0.4, -0.2) is 37.7 Å². The Bertz CT molecular complexity index is 144. The van der Waals surface area contributed by atoms with Gasteiger partial charge in [0.2, 0.25) is 0 Å². The molecule has 3 nitrogen and oxygen atoms in total. The summed E-state index contributed by atoms with van der Waals surface area (Å²) in [5, 5.41) is 0. The van der Waals surface area contributed by atoms with E-state index < -0.39 is 0 Å². The molecule has 0 spiro atoms. The quantitative estimate of drug-likeness (QED) is 0.566. The minimum Gasteiger partial charge on any atom is -0.298 e. The van der Waals surface area contributed by atoms with Crippen LogP contribution < -0.4 is 0 Å². The number of aliphatic imine (C=N–C) groups is 1. The highest BCUT2D eigenvalue weighted by atomic mass is 16.1. The van der Waals surface area contributed by atoms with Crippen LogP contribution in [-0.2, 0) is 4.79 Å². The third kappa shape index (κ3) is 2.80. The van der Waals surface area contributed by atoms with Gasteiger partial charge in [-0.2, -0.15) is 0 Å². The monoisotopic (exact) mass is 156 g/mol. The van der Waals surface area contributed by atoms with Crippen molar-refractivity contribution < 1.29 is 4.79 Å². The molecule has 0 radical (unpaired) electrons. The molecule has 11 heavy (non-hydrogen) atoms. The highest BCUT2D eigenvalue weighted by Crippen LogP contribution is 2.08. The predicted octanol–water partition coefficient (Wildman–Crippen LogP) is 0.800. The molecule has 0 fully saturated rings. The Labute approximate surface area is 68.1 Å². The molecule has 0 aromatic rings. The number of likely N-dealkylation sites (N-methyl/N-ethyl adjacent to an activating group) is 1. The molecule has 0 rings (SSSR count). The molecule has 0 heterocycles. The van der Waals surface area contributed by atoms with Crippen molar-refractivity contribution in [2.75, 3.05) is 14.1 Å². The largest absolute Gasteiger partial charge is 0.298 e. The van der Waals surface area contributed by atoms with Crippen LogP contribution in [0, 0.1) is 5.92 Å². The van der Waals surface area contributed by atoms with Gasteiger partial charge in [0.05, 0.1) is 6.04 Å². The second kappa shape index (κ2) is 4.23. The first-order valence-electron chi connectivity index (χ1n) is 3.67. The van der Waals surface area contributed by atoms with Gasteiger partial charge in [-0.3, -0.25) is 9.69 Å². The van der Waals surface area contributed by atoms with Crippen LogP contribution in [0.5, 0.6) is 0 Å². The van der Waals surface area contributed by atoms with E-state index in [1.54, 1.807) is 0 Å². The smallest absolute Gasteiger partial charge is 0.262 e. The molecule has 0 saturated carbocycles. The van der Waals surface area contributed by atoms with Gasteiger partial charge in [0, 0.05) is 0 Å². The summed E-state index contributed by atoms with van der Waals surface area (Å²) in [6.45, 7) is 7.21. The minimum absolute atomic E-state index is 0.132. The molecular weight excluding hydrogens is 140 g/mol. The Morgan fingerprint density at radius 1 is 1.45 bits per heavy atom. The Kier molecular flexibility index (Phi) is 3.97. The van der Waals surface area contributed by atoms with Gasteiger partial charge in [-0.1, -0.05) is 13.8 Å². The SMILES string of the molecule is C=NC(=O)C(C(C)C)N(C)C. The van der Waals surface area contributed by atoms with Gasteiger partial charge in [0.15, 0.2) is 0 Å². The minimum atomic E-state index is -0.148. The van der Waals surface area contributed by atoms with E-state index in [4.69, 9.17) is 0 Å². The molecule has 0 aliphatic rings. The Hall–Kier alpha value is -0.700. The summed E-state index contributed by atoms with van der Waals surface area (Å²) in [7, 11) is 3.74. The second-order valence-electron chi connectivity index (χ2n) is 3.15. The fraction of sp³-hybridized carbons (Fsp3) is 0.750. The number of carbonyl (C=O) groups is 1. The van der Waals surface area contributed by atoms with Crippen molar-refractivity contribution in [3.63, 3.8) is 0 Å². The van der Waals surface area contributed by atoms with Gasteiger partial charge in [-0.15, -0.1) is 0 Å². The lowest BCUT2D eigenvalue weighted by Crippen LogP contribution is -2.39. The van der Waals surface area contributed by atoms with Crippen molar-refractivity contribution in [2.24, 2.45) is 10.9 Å². The molecule has 3 heteroatoms. The standard InChI is InChI=1S/C8H16N2O/c1-6(2)7(10(4)5)8(11)9-3/h6-7H,3H2,1-2,4-5H3. The van der Waals surface area contributed by atoms with Crippen LogP contribution in [0.3, 0.4) is 0 Å². The van der Waals surface area contributed by atoms with E-state index >= 15 is 0 Å². The normalized spacial score (nSPS) is 13.6. The number of amides is 1. The number of hydrogen-bond acceptors (Lipinski definition) is 2. The van der Waals surface area contributed by atoms with Gasteiger partial charge in [-0.05, 0) is 26.7 Å². The van der Waals surface area contributed by atoms with Crippen molar-refractivity contribution in [1.29, 1.82) is 0 Å². The Morgan fingerprint density at radius 3 is 2.00 bits per heavy atom. The first kappa shape index (κ1) is 10.3. The molecule has 64 valence electrons. The lowest BCUT2D eigenvalue weighted by molar-refractivity contribution is -0.123. The van der Waals surface area contributed by atoms with Crippen LogP contribution in [0.1, 0.15) is 13.8 Å². The van der Waals surface area contributed by atoms with Crippen LogP contribution in [0.15, 0.2) is 4.99 Å². The van der Waals surface area contributed by atoms with E-state index in [9.17, 15) is 4.79 Å². The van der Waals surface area contributed by atoms with Crippen LogP contribution in [0.4, 0.5) is 0 Å². The van der Waals surface area contributed by atoms with Crippen LogP contribution in [0.2, 0.25) is 0 Å². The average Bonchev–Trinajstić information content (AvgIpc) is 1.85. The summed E-state index contributed by atoms with van der Waals surface area (Å²) in [5.74, 6) is 0.132. The van der Waals surface area contributed by atoms with E-state index in [1.807, 2.05) is 32.8 Å². The van der Waals surface area contributed by atoms with Gasteiger partial charge >= 0.3 is 0 Å². The first-order chi connectivity index (χ1) is 5.00. The molecule has 0 bridgehead atoms. The Balaban J connectivity index is 4.33. The predicted molar refractivity (Wildman–Crippen MR) is 46.9 cm³/mol. The maximum Gasteiger partial charge on any atom is 0.262 e. The zero-order valence-electron chi connectivity index (χ0n) is 7.66. The van der Waals surface area contributed by atoms with E-state index in [1.165, 1.54) is 0 Å². The number of hydrogen-bond donors (Lipinski definition) is 0. The molecule has 1 atom stereocenters. The van der Waals surface area contributed by atoms with E-state index in [-0.39, 0.29) is 17.9 Å². The molecule has 0 aliphatic heterocycles. The van der Waals surface area contributed by atoms with Crippen molar-refractivity contribution in [1.82, 2.24) is 4.90 Å². The highest BCUT2D eigenvalue weighted by molar-refractivity contribution is 5.85. The molecule has 1 amide bonds. The molecule has 0 N–H and O–H groups in total. The lowest BCUT2D eigenvalue weighted by Gasteiger charge is -2.23. The molecule has 0 aromatic carbocycles. The summed E-state index contributed by atoms with van der Waals surface area (Å²) in [5.41, 5.74) is 0. The van der Waals surface area contributed by atoms with Crippen molar-refractivity contribution in [2.45, 2.75) is 19.9 Å². The number of rotatable bonds is 3. The maximum atomic E-state index is 11.1. The van der Waals surface area contributed by atoms with E-state index in [0.29, 0.717) is 0 Å². The average molecular weight is 156 g/mol. The Morgan fingerprint density at radius 2 is 1.91 bits per heavy atom. The van der Waals surface area contributed by atoms with Crippen LogP contribution in [0.25, 0.3) is 0 Å². The number of carbonyl (C=O) groups excluding carboxylic acids is 1. The molecular formula is C8H16N2O. The molecule has 0 saturated heterocycles. The van der Waals surface area contributed by atoms with Gasteiger partial charge in [0.25, 0.3) is 5.91 Å². The topological polar surface area (TPSA) is 32.7 Å². The zero-order chi connectivity index (χ0) is 9.02. The van der Waals surface area contributed by atoms with E-state index in [0.717, 1.165) is 0 Å². The van der Waals surface area contributed by atoms with Crippen molar-refractivity contribution in [3.8, 4) is 0 Å². The molecule has 1 unspecified atom stereocenters. The third-order valence-corrected chi connectivity index (χ3v) is 1.60. The summed E-state index contributed by atoms with van der Waals surface area (Å²) in [6.07, 6.45) is 0.